The van der Waals surface area contributed by atoms with Crippen LogP contribution in [0.1, 0.15) is 54.5 Å². The van der Waals surface area contributed by atoms with Crippen molar-refractivity contribution in [2.24, 2.45) is 5.92 Å². The molecule has 0 amide bonds. The number of rotatable bonds is 7. The zero-order valence-corrected chi connectivity index (χ0v) is 13.7. The Hall–Kier alpha value is -0.820. The Labute approximate surface area is 119 Å². The Bertz CT molecular complexity index is 380. The Balaban J connectivity index is 2.62. The maximum absolute atomic E-state index is 3.42. The number of aryl methyl sites for hydroxylation is 2. The molecule has 0 radical (unpaired) electrons. The van der Waals surface area contributed by atoms with Crippen LogP contribution in [0, 0.1) is 33.6 Å². The van der Waals surface area contributed by atoms with Gasteiger partial charge in [0.15, 0.2) is 0 Å². The average Bonchev–Trinajstić information content (AvgIpc) is 2.37. The van der Waals surface area contributed by atoms with Crippen molar-refractivity contribution < 1.29 is 0 Å². The van der Waals surface area contributed by atoms with Crippen LogP contribution in [0.4, 0.5) is 0 Å². The van der Waals surface area contributed by atoms with Crippen molar-refractivity contribution in [2.45, 2.75) is 60.8 Å². The lowest BCUT2D eigenvalue weighted by Crippen LogP contribution is -2.16. The van der Waals surface area contributed by atoms with Gasteiger partial charge in [-0.2, -0.15) is 0 Å². The van der Waals surface area contributed by atoms with Gasteiger partial charge >= 0.3 is 0 Å². The highest BCUT2D eigenvalue weighted by molar-refractivity contribution is 5.44. The summed E-state index contributed by atoms with van der Waals surface area (Å²) in [6.07, 6.45) is 3.82. The summed E-state index contributed by atoms with van der Waals surface area (Å²) in [5.41, 5.74) is 7.48. The van der Waals surface area contributed by atoms with Gasteiger partial charge in [-0.05, 0) is 93.8 Å². The summed E-state index contributed by atoms with van der Waals surface area (Å²) in [6.45, 7) is 15.8. The first kappa shape index (κ1) is 16.2. The van der Waals surface area contributed by atoms with Crippen LogP contribution in [0.15, 0.2) is 6.07 Å². The summed E-state index contributed by atoms with van der Waals surface area (Å²) in [4.78, 5) is 0. The molecule has 0 aromatic heterocycles. The van der Waals surface area contributed by atoms with E-state index in [1.165, 1.54) is 41.5 Å². The summed E-state index contributed by atoms with van der Waals surface area (Å²) < 4.78 is 0. The summed E-state index contributed by atoms with van der Waals surface area (Å²) in [5, 5.41) is 3.42. The van der Waals surface area contributed by atoms with Crippen LogP contribution in [-0.2, 0) is 6.42 Å². The number of hydrogen-bond donors (Lipinski definition) is 1. The second-order valence-corrected chi connectivity index (χ2v) is 6.02. The first-order valence-electron chi connectivity index (χ1n) is 7.74. The molecule has 0 saturated carbocycles. The van der Waals surface area contributed by atoms with E-state index >= 15 is 0 Å². The Kier molecular flexibility index (Phi) is 6.57. The van der Waals surface area contributed by atoms with Crippen molar-refractivity contribution in [3.63, 3.8) is 0 Å². The molecule has 1 N–H and O–H groups in total. The van der Waals surface area contributed by atoms with E-state index in [1.807, 2.05) is 0 Å². The molecule has 1 atom stereocenters. The minimum absolute atomic E-state index is 0.804. The van der Waals surface area contributed by atoms with Gasteiger partial charge in [-0.1, -0.05) is 19.9 Å². The maximum Gasteiger partial charge on any atom is -0.00465 e. The summed E-state index contributed by atoms with van der Waals surface area (Å²) in [6, 6.07) is 2.32. The lowest BCUT2D eigenvalue weighted by molar-refractivity contribution is 0.473. The molecular formula is C18H31N. The van der Waals surface area contributed by atoms with E-state index in [4.69, 9.17) is 0 Å². The molecule has 0 spiro atoms. The van der Waals surface area contributed by atoms with Gasteiger partial charge in [-0.25, -0.2) is 0 Å². The lowest BCUT2D eigenvalue weighted by Gasteiger charge is -2.17. The fourth-order valence-corrected chi connectivity index (χ4v) is 2.73. The highest BCUT2D eigenvalue weighted by atomic mass is 14.8. The van der Waals surface area contributed by atoms with E-state index < -0.39 is 0 Å². The molecular weight excluding hydrogens is 230 g/mol. The zero-order chi connectivity index (χ0) is 14.4. The van der Waals surface area contributed by atoms with Crippen LogP contribution in [-0.4, -0.2) is 13.1 Å². The molecule has 0 aliphatic carbocycles. The topological polar surface area (TPSA) is 12.0 Å². The van der Waals surface area contributed by atoms with Crippen LogP contribution in [0.25, 0.3) is 0 Å². The first-order valence-corrected chi connectivity index (χ1v) is 7.74. The van der Waals surface area contributed by atoms with E-state index in [9.17, 15) is 0 Å². The fourth-order valence-electron chi connectivity index (χ4n) is 2.73. The van der Waals surface area contributed by atoms with Gasteiger partial charge in [-0.3, -0.25) is 0 Å². The zero-order valence-electron chi connectivity index (χ0n) is 13.7. The van der Waals surface area contributed by atoms with Crippen molar-refractivity contribution in [3.8, 4) is 0 Å². The van der Waals surface area contributed by atoms with Crippen molar-refractivity contribution >= 4 is 0 Å². The molecule has 0 heterocycles. The van der Waals surface area contributed by atoms with Crippen LogP contribution >= 0.6 is 0 Å². The molecule has 0 saturated heterocycles. The van der Waals surface area contributed by atoms with Crippen LogP contribution in [0.3, 0.4) is 0 Å². The minimum atomic E-state index is 0.804. The van der Waals surface area contributed by atoms with Gasteiger partial charge in [0.25, 0.3) is 0 Å². The molecule has 1 heteroatoms. The third kappa shape index (κ3) is 4.65. The normalized spacial score (nSPS) is 12.7. The number of benzene rings is 1. The third-order valence-electron chi connectivity index (χ3n) is 4.47. The van der Waals surface area contributed by atoms with Crippen molar-refractivity contribution in [1.29, 1.82) is 0 Å². The highest BCUT2D eigenvalue weighted by Gasteiger charge is 2.10. The molecule has 1 aromatic rings. The monoisotopic (exact) mass is 261 g/mol. The Morgan fingerprint density at radius 2 is 1.58 bits per heavy atom. The molecule has 0 aliphatic rings. The quantitative estimate of drug-likeness (QED) is 0.713. The van der Waals surface area contributed by atoms with Gasteiger partial charge < -0.3 is 5.32 Å². The molecule has 0 aliphatic heterocycles. The van der Waals surface area contributed by atoms with Crippen molar-refractivity contribution in [3.05, 3.63) is 33.9 Å². The molecule has 0 fully saturated rings. The third-order valence-corrected chi connectivity index (χ3v) is 4.47. The molecule has 1 rings (SSSR count). The van der Waals surface area contributed by atoms with Crippen molar-refractivity contribution in [1.82, 2.24) is 5.32 Å². The number of hydrogen-bond acceptors (Lipinski definition) is 1. The van der Waals surface area contributed by atoms with Crippen LogP contribution in [0.2, 0.25) is 0 Å². The lowest BCUT2D eigenvalue weighted by atomic mass is 9.89. The fraction of sp³-hybridized carbons (Fsp3) is 0.667. The maximum atomic E-state index is 3.42. The molecule has 1 unspecified atom stereocenters. The van der Waals surface area contributed by atoms with Gasteiger partial charge in [0.05, 0.1) is 0 Å². The molecule has 1 nitrogen and oxygen atoms in total. The molecule has 1 aromatic carbocycles. The predicted octanol–water partition coefficient (Wildman–Crippen LogP) is 4.49. The second-order valence-electron chi connectivity index (χ2n) is 6.02. The van der Waals surface area contributed by atoms with Gasteiger partial charge in [0, 0.05) is 0 Å². The van der Waals surface area contributed by atoms with E-state index in [2.05, 4.69) is 52.9 Å². The highest BCUT2D eigenvalue weighted by Crippen LogP contribution is 2.24. The second kappa shape index (κ2) is 7.69. The standard InChI is InChI=1S/C18H31N/c1-7-19-11-10-13(2)8-9-18-16(5)14(3)12-15(4)17(18)6/h12-13,19H,7-11H2,1-6H3. The van der Waals surface area contributed by atoms with Crippen molar-refractivity contribution in [2.75, 3.05) is 13.1 Å². The van der Waals surface area contributed by atoms with E-state index in [0.29, 0.717) is 0 Å². The van der Waals surface area contributed by atoms with Gasteiger partial charge in [-0.15, -0.1) is 0 Å². The number of nitrogens with one attached hydrogen (secondary N) is 1. The largest absolute Gasteiger partial charge is 0.317 e. The van der Waals surface area contributed by atoms with Crippen LogP contribution in [0.5, 0.6) is 0 Å². The van der Waals surface area contributed by atoms with E-state index in [1.54, 1.807) is 5.56 Å². The molecule has 19 heavy (non-hydrogen) atoms. The predicted molar refractivity (Wildman–Crippen MR) is 86.0 cm³/mol. The smallest absolute Gasteiger partial charge is 0.00465 e. The van der Waals surface area contributed by atoms with Crippen LogP contribution < -0.4 is 5.32 Å². The Morgan fingerprint density at radius 3 is 2.11 bits per heavy atom. The van der Waals surface area contributed by atoms with E-state index in [-0.39, 0.29) is 0 Å². The SMILES string of the molecule is CCNCCC(C)CCc1c(C)c(C)cc(C)c1C. The molecule has 0 bridgehead atoms. The average molecular weight is 261 g/mol. The minimum Gasteiger partial charge on any atom is -0.317 e. The molecule has 108 valence electrons. The van der Waals surface area contributed by atoms with Gasteiger partial charge in [0.2, 0.25) is 0 Å². The van der Waals surface area contributed by atoms with Gasteiger partial charge in [0.1, 0.15) is 0 Å². The summed E-state index contributed by atoms with van der Waals surface area (Å²) >= 11 is 0. The summed E-state index contributed by atoms with van der Waals surface area (Å²) in [7, 11) is 0. The summed E-state index contributed by atoms with van der Waals surface area (Å²) in [5.74, 6) is 0.804. The first-order chi connectivity index (χ1) is 8.97. The van der Waals surface area contributed by atoms with E-state index in [0.717, 1.165) is 19.0 Å². The Morgan fingerprint density at radius 1 is 1.00 bits per heavy atom.